The van der Waals surface area contributed by atoms with Gasteiger partial charge in [-0.1, -0.05) is 36.7 Å². The van der Waals surface area contributed by atoms with Gasteiger partial charge in [0.2, 0.25) is 0 Å². The van der Waals surface area contributed by atoms with E-state index in [1.54, 1.807) is 25.1 Å². The van der Waals surface area contributed by atoms with Gasteiger partial charge in [0.15, 0.2) is 0 Å². The first-order valence-electron chi connectivity index (χ1n) is 6.44. The van der Waals surface area contributed by atoms with E-state index in [0.29, 0.717) is 34.1 Å². The number of benzene rings is 1. The summed E-state index contributed by atoms with van der Waals surface area (Å²) in [5, 5.41) is 3.71. The molecule has 0 aliphatic heterocycles. The van der Waals surface area contributed by atoms with Crippen LogP contribution in [0.3, 0.4) is 0 Å². The van der Waals surface area contributed by atoms with Gasteiger partial charge in [-0.15, -0.1) is 0 Å². The summed E-state index contributed by atoms with van der Waals surface area (Å²) in [6.07, 6.45) is 1.48. The standard InChI is InChI=1S/C15H17ClFN3/c1-3-19-14(11-6-4-5-9(2)13(11)17)12-7-10(16)8-20-15(12)18/h4-8,14,19H,3H2,1-2H3,(H2,18,20). The van der Waals surface area contributed by atoms with Gasteiger partial charge in [0.1, 0.15) is 11.6 Å². The molecule has 3 nitrogen and oxygen atoms in total. The number of pyridine rings is 1. The summed E-state index contributed by atoms with van der Waals surface area (Å²) >= 11 is 5.98. The van der Waals surface area contributed by atoms with E-state index in [4.69, 9.17) is 17.3 Å². The maximum Gasteiger partial charge on any atom is 0.131 e. The van der Waals surface area contributed by atoms with E-state index in [1.807, 2.05) is 13.0 Å². The van der Waals surface area contributed by atoms with E-state index in [9.17, 15) is 4.39 Å². The van der Waals surface area contributed by atoms with E-state index in [0.717, 1.165) is 0 Å². The maximum absolute atomic E-state index is 14.4. The van der Waals surface area contributed by atoms with Gasteiger partial charge in [0.25, 0.3) is 0 Å². The Balaban J connectivity index is 2.56. The van der Waals surface area contributed by atoms with E-state index >= 15 is 0 Å². The van der Waals surface area contributed by atoms with Crippen LogP contribution < -0.4 is 11.1 Å². The molecule has 0 aliphatic rings. The Hall–Kier alpha value is -1.65. The average Bonchev–Trinajstić information content (AvgIpc) is 2.43. The third-order valence-electron chi connectivity index (χ3n) is 3.17. The fraction of sp³-hybridized carbons (Fsp3) is 0.267. The Morgan fingerprint density at radius 3 is 2.85 bits per heavy atom. The first-order valence-corrected chi connectivity index (χ1v) is 6.81. The van der Waals surface area contributed by atoms with E-state index in [2.05, 4.69) is 10.3 Å². The molecule has 1 unspecified atom stereocenters. The second-order valence-corrected chi connectivity index (χ2v) is 5.03. The summed E-state index contributed by atoms with van der Waals surface area (Å²) in [6.45, 7) is 4.36. The van der Waals surface area contributed by atoms with E-state index in [1.165, 1.54) is 6.20 Å². The Morgan fingerprint density at radius 1 is 1.40 bits per heavy atom. The number of rotatable bonds is 4. The lowest BCUT2D eigenvalue weighted by molar-refractivity contribution is 0.553. The monoisotopic (exact) mass is 293 g/mol. The zero-order valence-corrected chi connectivity index (χ0v) is 12.2. The van der Waals surface area contributed by atoms with Crippen molar-refractivity contribution in [3.05, 3.63) is 58.0 Å². The highest BCUT2D eigenvalue weighted by Gasteiger charge is 2.21. The number of aryl methyl sites for hydroxylation is 1. The van der Waals surface area contributed by atoms with Crippen LogP contribution in [0.25, 0.3) is 0 Å². The Kier molecular flexibility index (Phi) is 4.57. The fourth-order valence-corrected chi connectivity index (χ4v) is 2.35. The molecule has 0 aliphatic carbocycles. The van der Waals surface area contributed by atoms with Crippen LogP contribution in [0.5, 0.6) is 0 Å². The van der Waals surface area contributed by atoms with Crippen LogP contribution in [0.1, 0.15) is 29.7 Å². The van der Waals surface area contributed by atoms with Crippen LogP contribution in [0.2, 0.25) is 5.02 Å². The number of hydrogen-bond donors (Lipinski definition) is 2. The second kappa shape index (κ2) is 6.20. The molecule has 0 spiro atoms. The quantitative estimate of drug-likeness (QED) is 0.907. The summed E-state index contributed by atoms with van der Waals surface area (Å²) < 4.78 is 14.4. The Bertz CT molecular complexity index is 614. The lowest BCUT2D eigenvalue weighted by Crippen LogP contribution is -2.24. The topological polar surface area (TPSA) is 50.9 Å². The smallest absolute Gasteiger partial charge is 0.131 e. The minimum absolute atomic E-state index is 0.238. The molecule has 0 radical (unpaired) electrons. The molecule has 0 saturated heterocycles. The zero-order chi connectivity index (χ0) is 14.7. The first-order chi connectivity index (χ1) is 9.54. The van der Waals surface area contributed by atoms with Gasteiger partial charge in [0.05, 0.1) is 11.1 Å². The molecule has 1 heterocycles. The molecule has 0 saturated carbocycles. The lowest BCUT2D eigenvalue weighted by atomic mass is 9.97. The third-order valence-corrected chi connectivity index (χ3v) is 3.37. The van der Waals surface area contributed by atoms with Crippen LogP contribution in [0.4, 0.5) is 10.2 Å². The highest BCUT2D eigenvalue weighted by molar-refractivity contribution is 6.30. The Morgan fingerprint density at radius 2 is 2.15 bits per heavy atom. The van der Waals surface area contributed by atoms with Crippen molar-refractivity contribution in [2.45, 2.75) is 19.9 Å². The molecule has 0 bridgehead atoms. The second-order valence-electron chi connectivity index (χ2n) is 4.60. The number of nitrogens with two attached hydrogens (primary N) is 1. The van der Waals surface area contributed by atoms with Crippen molar-refractivity contribution in [3.8, 4) is 0 Å². The maximum atomic E-state index is 14.4. The fourth-order valence-electron chi connectivity index (χ4n) is 2.18. The minimum atomic E-state index is -0.369. The predicted molar refractivity (Wildman–Crippen MR) is 80.3 cm³/mol. The highest BCUT2D eigenvalue weighted by atomic mass is 35.5. The molecule has 0 amide bonds. The van der Waals surface area contributed by atoms with E-state index < -0.39 is 0 Å². The summed E-state index contributed by atoms with van der Waals surface area (Å²) in [7, 11) is 0. The summed E-state index contributed by atoms with van der Waals surface area (Å²) in [5.74, 6) is 0.110. The van der Waals surface area contributed by atoms with Crippen molar-refractivity contribution in [2.75, 3.05) is 12.3 Å². The summed E-state index contributed by atoms with van der Waals surface area (Å²) in [5.41, 5.74) is 7.74. The van der Waals surface area contributed by atoms with Crippen molar-refractivity contribution in [1.82, 2.24) is 10.3 Å². The van der Waals surface area contributed by atoms with Gasteiger partial charge < -0.3 is 11.1 Å². The zero-order valence-electron chi connectivity index (χ0n) is 11.5. The number of nitrogens with one attached hydrogen (secondary N) is 1. The summed E-state index contributed by atoms with van der Waals surface area (Å²) in [4.78, 5) is 4.04. The van der Waals surface area contributed by atoms with E-state index in [-0.39, 0.29) is 11.9 Å². The van der Waals surface area contributed by atoms with Crippen LogP contribution in [-0.2, 0) is 0 Å². The van der Waals surface area contributed by atoms with Crippen LogP contribution in [-0.4, -0.2) is 11.5 Å². The number of nitrogen functional groups attached to an aromatic ring is 1. The van der Waals surface area contributed by atoms with Crippen LogP contribution in [0.15, 0.2) is 30.5 Å². The van der Waals surface area contributed by atoms with Crippen molar-refractivity contribution in [2.24, 2.45) is 0 Å². The molecular formula is C15H17ClFN3. The van der Waals surface area contributed by atoms with Gasteiger partial charge in [-0.25, -0.2) is 9.37 Å². The molecule has 5 heteroatoms. The largest absolute Gasteiger partial charge is 0.383 e. The van der Waals surface area contributed by atoms with Crippen molar-refractivity contribution >= 4 is 17.4 Å². The summed E-state index contributed by atoms with van der Waals surface area (Å²) in [6, 6.07) is 6.66. The third kappa shape index (κ3) is 2.92. The molecule has 106 valence electrons. The first kappa shape index (κ1) is 14.8. The molecule has 0 fully saturated rings. The molecule has 1 aromatic carbocycles. The van der Waals surface area contributed by atoms with Crippen LogP contribution >= 0.6 is 11.6 Å². The minimum Gasteiger partial charge on any atom is -0.383 e. The molecule has 20 heavy (non-hydrogen) atoms. The molecule has 2 rings (SSSR count). The highest BCUT2D eigenvalue weighted by Crippen LogP contribution is 2.30. The average molecular weight is 294 g/mol. The molecule has 1 atom stereocenters. The van der Waals surface area contributed by atoms with Crippen LogP contribution in [0, 0.1) is 12.7 Å². The van der Waals surface area contributed by atoms with Crippen molar-refractivity contribution in [3.63, 3.8) is 0 Å². The number of aromatic nitrogens is 1. The normalized spacial score (nSPS) is 12.4. The molecule has 1 aromatic heterocycles. The molecule has 3 N–H and O–H groups in total. The lowest BCUT2D eigenvalue weighted by Gasteiger charge is -2.21. The number of anilines is 1. The molecular weight excluding hydrogens is 277 g/mol. The van der Waals surface area contributed by atoms with Crippen molar-refractivity contribution < 1.29 is 4.39 Å². The van der Waals surface area contributed by atoms with Gasteiger partial charge in [-0.05, 0) is 25.1 Å². The SMILES string of the molecule is CCNC(c1cc(Cl)cnc1N)c1cccc(C)c1F. The van der Waals surface area contributed by atoms with Gasteiger partial charge in [-0.2, -0.15) is 0 Å². The molecule has 2 aromatic rings. The van der Waals surface area contributed by atoms with Gasteiger partial charge in [-0.3, -0.25) is 0 Å². The number of hydrogen-bond acceptors (Lipinski definition) is 3. The van der Waals surface area contributed by atoms with Gasteiger partial charge >= 0.3 is 0 Å². The van der Waals surface area contributed by atoms with Gasteiger partial charge in [0, 0.05) is 17.3 Å². The number of nitrogens with zero attached hydrogens (tertiary/aromatic N) is 1. The number of halogens is 2. The predicted octanol–water partition coefficient (Wildman–Crippen LogP) is 3.46. The van der Waals surface area contributed by atoms with Crippen molar-refractivity contribution in [1.29, 1.82) is 0 Å². The Labute approximate surface area is 123 Å².